The lowest BCUT2D eigenvalue weighted by Gasteiger charge is -1.97. The summed E-state index contributed by atoms with van der Waals surface area (Å²) >= 11 is 0. The smallest absolute Gasteiger partial charge is 0.269 e. The first-order chi connectivity index (χ1) is 8.88. The molecule has 98 valence electrons. The molecular weight excluding hydrogens is 271 g/mol. The Hall–Kier alpha value is -2.09. The van der Waals surface area contributed by atoms with E-state index in [0.29, 0.717) is 22.1 Å². The van der Waals surface area contributed by atoms with Crippen LogP contribution in [0.4, 0.5) is 4.39 Å². The number of nitrogens with zero attached hydrogens (tertiary/aromatic N) is 4. The highest BCUT2D eigenvalue weighted by Crippen LogP contribution is 2.25. The number of hydrogen-bond donors (Lipinski definition) is 0. The summed E-state index contributed by atoms with van der Waals surface area (Å²) in [5, 5.41) is 7.66. The van der Waals surface area contributed by atoms with Crippen LogP contribution in [0, 0.1) is 5.82 Å². The second kappa shape index (κ2) is 3.70. The predicted molar refractivity (Wildman–Crippen MR) is 66.9 cm³/mol. The summed E-state index contributed by atoms with van der Waals surface area (Å²) < 4.78 is 37.8. The Kier molecular flexibility index (Phi) is 2.33. The average Bonchev–Trinajstić information content (AvgIpc) is 2.61. The Morgan fingerprint density at radius 1 is 1.26 bits per heavy atom. The van der Waals surface area contributed by atoms with Gasteiger partial charge in [-0.2, -0.15) is 4.98 Å². The zero-order chi connectivity index (χ0) is 13.8. The predicted octanol–water partition coefficient (Wildman–Crippen LogP) is 1.06. The van der Waals surface area contributed by atoms with Crippen LogP contribution in [0.2, 0.25) is 0 Å². The van der Waals surface area contributed by atoms with Crippen molar-refractivity contribution in [3.63, 3.8) is 0 Å². The number of aromatic nitrogens is 4. The largest absolute Gasteiger partial charge is 0.327 e. The average molecular weight is 280 g/mol. The van der Waals surface area contributed by atoms with Crippen LogP contribution < -0.4 is 0 Å². The minimum Gasteiger partial charge on any atom is -0.327 e. The summed E-state index contributed by atoms with van der Waals surface area (Å²) in [5.74, 6) is -0.394. The van der Waals surface area contributed by atoms with Crippen LogP contribution in [0.3, 0.4) is 0 Å². The Morgan fingerprint density at radius 2 is 2.00 bits per heavy atom. The van der Waals surface area contributed by atoms with Crippen LogP contribution in [0.5, 0.6) is 0 Å². The molecule has 1 aromatic carbocycles. The summed E-state index contributed by atoms with van der Waals surface area (Å²) in [6.45, 7) is 0. The molecule has 3 rings (SSSR count). The fourth-order valence-corrected chi connectivity index (χ4v) is 2.41. The van der Waals surface area contributed by atoms with Crippen LogP contribution in [0.15, 0.2) is 23.4 Å². The van der Waals surface area contributed by atoms with Gasteiger partial charge in [-0.3, -0.25) is 0 Å². The lowest BCUT2D eigenvalue weighted by molar-refractivity contribution is 0.590. The van der Waals surface area contributed by atoms with Gasteiger partial charge >= 0.3 is 0 Å². The molecule has 2 aromatic heterocycles. The number of fused-ring (bicyclic) bond motifs is 3. The van der Waals surface area contributed by atoms with Gasteiger partial charge in [0, 0.05) is 18.7 Å². The van der Waals surface area contributed by atoms with Crippen LogP contribution in [0.1, 0.15) is 0 Å². The fraction of sp³-hybridized carbons (Fsp3) is 0.182. The third kappa shape index (κ3) is 1.75. The molecule has 0 atom stereocenters. The highest BCUT2D eigenvalue weighted by atomic mass is 32.2. The molecule has 0 fully saturated rings. The molecule has 2 heterocycles. The molecule has 0 N–H and O–H groups in total. The first kappa shape index (κ1) is 12.0. The molecule has 0 bridgehead atoms. The molecular formula is C11H9FN4O2S. The van der Waals surface area contributed by atoms with E-state index < -0.39 is 15.7 Å². The second-order valence-corrected chi connectivity index (χ2v) is 6.17. The third-order valence-corrected chi connectivity index (χ3v) is 3.71. The van der Waals surface area contributed by atoms with E-state index in [0.717, 1.165) is 6.26 Å². The Morgan fingerprint density at radius 3 is 2.68 bits per heavy atom. The standard InChI is InChI=1S/C11H9FN4O2S/c1-16-8-4-3-6(12)5-7(8)9-10(16)13-11(15-14-9)19(2,17)18/h3-5H,1-2H3. The lowest BCUT2D eigenvalue weighted by atomic mass is 10.2. The number of halogens is 1. The highest BCUT2D eigenvalue weighted by molar-refractivity contribution is 7.90. The van der Waals surface area contributed by atoms with Crippen LogP contribution in [-0.4, -0.2) is 34.4 Å². The number of benzene rings is 1. The quantitative estimate of drug-likeness (QED) is 0.666. The van der Waals surface area contributed by atoms with Crippen LogP contribution >= 0.6 is 0 Å². The van der Waals surface area contributed by atoms with Crippen molar-refractivity contribution in [2.75, 3.05) is 6.26 Å². The van der Waals surface area contributed by atoms with Crippen molar-refractivity contribution in [3.05, 3.63) is 24.0 Å². The zero-order valence-electron chi connectivity index (χ0n) is 10.1. The first-order valence-electron chi connectivity index (χ1n) is 5.36. The van der Waals surface area contributed by atoms with Gasteiger partial charge in [0.05, 0.1) is 5.52 Å². The Labute approximate surface area is 107 Å². The molecule has 19 heavy (non-hydrogen) atoms. The highest BCUT2D eigenvalue weighted by Gasteiger charge is 2.17. The van der Waals surface area contributed by atoms with Crippen molar-refractivity contribution in [2.24, 2.45) is 7.05 Å². The molecule has 0 radical (unpaired) electrons. The van der Waals surface area contributed by atoms with E-state index >= 15 is 0 Å². The van der Waals surface area contributed by atoms with Gasteiger partial charge in [0.15, 0.2) is 5.65 Å². The van der Waals surface area contributed by atoms with Gasteiger partial charge in [0.2, 0.25) is 9.84 Å². The molecule has 8 heteroatoms. The van der Waals surface area contributed by atoms with Crippen molar-refractivity contribution < 1.29 is 12.8 Å². The van der Waals surface area contributed by atoms with Crippen molar-refractivity contribution >= 4 is 31.9 Å². The zero-order valence-corrected chi connectivity index (χ0v) is 10.9. The van der Waals surface area contributed by atoms with Gasteiger partial charge in [0.25, 0.3) is 5.16 Å². The maximum absolute atomic E-state index is 13.3. The Bertz CT molecular complexity index is 917. The van der Waals surface area contributed by atoms with Crippen LogP contribution in [-0.2, 0) is 16.9 Å². The van der Waals surface area contributed by atoms with Crippen molar-refractivity contribution in [3.8, 4) is 0 Å². The number of rotatable bonds is 1. The van der Waals surface area contributed by atoms with Gasteiger partial charge in [-0.05, 0) is 18.2 Å². The SMILES string of the molecule is Cn1c2ccc(F)cc2c2nnc(S(C)(=O)=O)nc21. The summed E-state index contributed by atoms with van der Waals surface area (Å²) in [7, 11) is -1.82. The Balaban J connectivity index is 2.48. The topological polar surface area (TPSA) is 77.7 Å². The van der Waals surface area contributed by atoms with E-state index in [9.17, 15) is 12.8 Å². The van der Waals surface area contributed by atoms with Gasteiger partial charge < -0.3 is 4.57 Å². The summed E-state index contributed by atoms with van der Waals surface area (Å²) in [5.41, 5.74) is 1.45. The molecule has 0 amide bonds. The van der Waals surface area contributed by atoms with Crippen molar-refractivity contribution in [1.29, 1.82) is 0 Å². The summed E-state index contributed by atoms with van der Waals surface area (Å²) in [4.78, 5) is 3.99. The minimum absolute atomic E-state index is 0.341. The van der Waals surface area contributed by atoms with E-state index in [4.69, 9.17) is 0 Å². The minimum atomic E-state index is -3.53. The normalized spacial score (nSPS) is 12.4. The van der Waals surface area contributed by atoms with E-state index in [1.807, 2.05) is 0 Å². The molecule has 0 saturated heterocycles. The molecule has 0 saturated carbocycles. The number of hydrogen-bond acceptors (Lipinski definition) is 5. The van der Waals surface area contributed by atoms with E-state index in [2.05, 4.69) is 15.2 Å². The molecule has 0 aliphatic carbocycles. The summed E-state index contributed by atoms with van der Waals surface area (Å²) in [6, 6.07) is 4.24. The number of sulfone groups is 1. The van der Waals surface area contributed by atoms with Gasteiger partial charge in [-0.1, -0.05) is 0 Å². The lowest BCUT2D eigenvalue weighted by Crippen LogP contribution is -2.06. The number of aryl methyl sites for hydroxylation is 1. The van der Waals surface area contributed by atoms with Crippen LogP contribution in [0.25, 0.3) is 22.1 Å². The maximum atomic E-state index is 13.3. The molecule has 0 unspecified atom stereocenters. The van der Waals surface area contributed by atoms with E-state index in [-0.39, 0.29) is 5.16 Å². The monoisotopic (exact) mass is 280 g/mol. The summed E-state index contributed by atoms with van der Waals surface area (Å²) in [6.07, 6.45) is 1.01. The van der Waals surface area contributed by atoms with Gasteiger partial charge in [-0.15, -0.1) is 10.2 Å². The van der Waals surface area contributed by atoms with Crippen molar-refractivity contribution in [1.82, 2.24) is 19.7 Å². The maximum Gasteiger partial charge on any atom is 0.269 e. The first-order valence-corrected chi connectivity index (χ1v) is 7.25. The molecule has 0 aliphatic heterocycles. The third-order valence-electron chi connectivity index (χ3n) is 2.87. The molecule has 3 aromatic rings. The van der Waals surface area contributed by atoms with Crippen molar-refractivity contribution in [2.45, 2.75) is 5.16 Å². The molecule has 0 aliphatic rings. The second-order valence-electron chi connectivity index (χ2n) is 4.26. The molecule has 6 nitrogen and oxygen atoms in total. The molecule has 0 spiro atoms. The fourth-order valence-electron chi connectivity index (χ4n) is 1.97. The van der Waals surface area contributed by atoms with Gasteiger partial charge in [0.1, 0.15) is 11.3 Å². The van der Waals surface area contributed by atoms with E-state index in [1.165, 1.54) is 12.1 Å². The van der Waals surface area contributed by atoms with Gasteiger partial charge in [-0.25, -0.2) is 12.8 Å². The van der Waals surface area contributed by atoms with E-state index in [1.54, 1.807) is 17.7 Å².